The van der Waals surface area contributed by atoms with Crippen molar-refractivity contribution >= 4 is 11.6 Å². The van der Waals surface area contributed by atoms with Gasteiger partial charge in [-0.15, -0.1) is 0 Å². The molecule has 0 saturated heterocycles. The number of carbonyl (C=O) groups excluding carboxylic acids is 1. The molecule has 4 nitrogen and oxygen atoms in total. The van der Waals surface area contributed by atoms with Crippen molar-refractivity contribution in [2.45, 2.75) is 31.9 Å². The van der Waals surface area contributed by atoms with Crippen molar-refractivity contribution in [3.05, 3.63) is 29.8 Å². The van der Waals surface area contributed by atoms with E-state index in [0.717, 1.165) is 24.1 Å². The molecule has 1 aromatic carbocycles. The van der Waals surface area contributed by atoms with E-state index >= 15 is 0 Å². The lowest BCUT2D eigenvalue weighted by Gasteiger charge is -2.34. The SMILES string of the molecule is COC1CC(NCC(=O)Nc2cccc(C)c2)C1. The predicted octanol–water partition coefficient (Wildman–Crippen LogP) is 1.70. The number of benzene rings is 1. The zero-order chi connectivity index (χ0) is 13.0. The van der Waals surface area contributed by atoms with Crippen molar-refractivity contribution in [2.24, 2.45) is 0 Å². The molecule has 1 amide bonds. The molecule has 0 unspecified atom stereocenters. The number of aryl methyl sites for hydroxylation is 1. The van der Waals surface area contributed by atoms with Crippen LogP contribution in [0.25, 0.3) is 0 Å². The monoisotopic (exact) mass is 248 g/mol. The first-order chi connectivity index (χ1) is 8.67. The summed E-state index contributed by atoms with van der Waals surface area (Å²) < 4.78 is 5.19. The molecule has 1 aliphatic rings. The smallest absolute Gasteiger partial charge is 0.238 e. The van der Waals surface area contributed by atoms with Crippen LogP contribution in [0.2, 0.25) is 0 Å². The number of rotatable bonds is 5. The van der Waals surface area contributed by atoms with Crippen molar-refractivity contribution in [1.82, 2.24) is 5.32 Å². The quantitative estimate of drug-likeness (QED) is 0.834. The third-order valence-corrected chi connectivity index (χ3v) is 3.28. The normalized spacial score (nSPS) is 22.3. The van der Waals surface area contributed by atoms with Gasteiger partial charge >= 0.3 is 0 Å². The Morgan fingerprint density at radius 2 is 2.22 bits per heavy atom. The zero-order valence-electron chi connectivity index (χ0n) is 10.9. The van der Waals surface area contributed by atoms with E-state index < -0.39 is 0 Å². The molecule has 1 fully saturated rings. The summed E-state index contributed by atoms with van der Waals surface area (Å²) in [7, 11) is 1.73. The van der Waals surface area contributed by atoms with Crippen LogP contribution < -0.4 is 10.6 Å². The molecule has 0 aliphatic heterocycles. The minimum Gasteiger partial charge on any atom is -0.381 e. The van der Waals surface area contributed by atoms with Gasteiger partial charge in [-0.3, -0.25) is 4.79 Å². The first-order valence-corrected chi connectivity index (χ1v) is 6.30. The van der Waals surface area contributed by atoms with Crippen molar-refractivity contribution < 1.29 is 9.53 Å². The Balaban J connectivity index is 1.70. The van der Waals surface area contributed by atoms with Gasteiger partial charge < -0.3 is 15.4 Å². The number of nitrogens with one attached hydrogen (secondary N) is 2. The lowest BCUT2D eigenvalue weighted by Crippen LogP contribution is -2.47. The molecule has 1 saturated carbocycles. The zero-order valence-corrected chi connectivity index (χ0v) is 10.9. The number of ether oxygens (including phenoxy) is 1. The minimum atomic E-state index is 0.00136. The molecule has 0 atom stereocenters. The summed E-state index contributed by atoms with van der Waals surface area (Å²) in [5.74, 6) is 0.00136. The lowest BCUT2D eigenvalue weighted by molar-refractivity contribution is -0.115. The Morgan fingerprint density at radius 3 is 2.89 bits per heavy atom. The number of hydrogen-bond acceptors (Lipinski definition) is 3. The molecule has 0 spiro atoms. The fourth-order valence-corrected chi connectivity index (χ4v) is 2.09. The summed E-state index contributed by atoms with van der Waals surface area (Å²) >= 11 is 0. The summed E-state index contributed by atoms with van der Waals surface area (Å²) in [5, 5.41) is 6.10. The molecule has 1 aromatic rings. The maximum Gasteiger partial charge on any atom is 0.238 e. The second-order valence-corrected chi connectivity index (χ2v) is 4.82. The molecule has 98 valence electrons. The van der Waals surface area contributed by atoms with Crippen molar-refractivity contribution in [1.29, 1.82) is 0 Å². The Bertz CT molecular complexity index is 414. The van der Waals surface area contributed by atoms with E-state index in [1.54, 1.807) is 7.11 Å². The van der Waals surface area contributed by atoms with E-state index in [9.17, 15) is 4.79 Å². The van der Waals surface area contributed by atoms with Crippen LogP contribution in [-0.4, -0.2) is 31.7 Å². The molecular weight excluding hydrogens is 228 g/mol. The molecule has 0 heterocycles. The topological polar surface area (TPSA) is 50.4 Å². The molecule has 2 rings (SSSR count). The van der Waals surface area contributed by atoms with Crippen LogP contribution in [0.3, 0.4) is 0 Å². The van der Waals surface area contributed by atoms with Gasteiger partial charge in [0.15, 0.2) is 0 Å². The van der Waals surface area contributed by atoms with Crippen molar-refractivity contribution in [2.75, 3.05) is 19.0 Å². The first-order valence-electron chi connectivity index (χ1n) is 6.30. The average molecular weight is 248 g/mol. The highest BCUT2D eigenvalue weighted by atomic mass is 16.5. The fourth-order valence-electron chi connectivity index (χ4n) is 2.09. The van der Waals surface area contributed by atoms with Crippen LogP contribution in [-0.2, 0) is 9.53 Å². The highest BCUT2D eigenvalue weighted by Gasteiger charge is 2.28. The number of hydrogen-bond donors (Lipinski definition) is 2. The summed E-state index contributed by atoms with van der Waals surface area (Å²) in [6.45, 7) is 2.36. The fraction of sp³-hybridized carbons (Fsp3) is 0.500. The molecule has 4 heteroatoms. The summed E-state index contributed by atoms with van der Waals surface area (Å²) in [5.41, 5.74) is 1.99. The Morgan fingerprint density at radius 1 is 1.44 bits per heavy atom. The number of methoxy groups -OCH3 is 1. The van der Waals surface area contributed by atoms with Gasteiger partial charge in [0, 0.05) is 18.8 Å². The standard InChI is InChI=1S/C14H20N2O2/c1-10-4-3-5-11(6-10)16-14(17)9-15-12-7-13(8-12)18-2/h3-6,12-13,15H,7-9H2,1-2H3,(H,16,17). The highest BCUT2D eigenvalue weighted by molar-refractivity contribution is 5.92. The van der Waals surface area contributed by atoms with E-state index in [0.29, 0.717) is 18.7 Å². The number of anilines is 1. The summed E-state index contributed by atoms with van der Waals surface area (Å²) in [6.07, 6.45) is 2.35. The maximum atomic E-state index is 11.7. The molecule has 0 bridgehead atoms. The second-order valence-electron chi connectivity index (χ2n) is 4.82. The molecule has 0 radical (unpaired) electrons. The number of carbonyl (C=O) groups is 1. The van der Waals surface area contributed by atoms with Crippen LogP contribution in [0.15, 0.2) is 24.3 Å². The maximum absolute atomic E-state index is 11.7. The Hall–Kier alpha value is -1.39. The molecule has 1 aliphatic carbocycles. The van der Waals surface area contributed by atoms with Crippen LogP contribution in [0.4, 0.5) is 5.69 Å². The summed E-state index contributed by atoms with van der Waals surface area (Å²) in [4.78, 5) is 11.7. The van der Waals surface area contributed by atoms with Crippen LogP contribution >= 0.6 is 0 Å². The van der Waals surface area contributed by atoms with E-state index in [-0.39, 0.29) is 5.91 Å². The van der Waals surface area contributed by atoms with E-state index in [1.165, 1.54) is 0 Å². The number of amides is 1. The Labute approximate surface area is 108 Å². The third kappa shape index (κ3) is 3.55. The first kappa shape index (κ1) is 13.1. The van der Waals surface area contributed by atoms with Gasteiger partial charge in [-0.05, 0) is 37.5 Å². The molecule has 18 heavy (non-hydrogen) atoms. The van der Waals surface area contributed by atoms with Gasteiger partial charge in [-0.2, -0.15) is 0 Å². The van der Waals surface area contributed by atoms with Crippen LogP contribution in [0, 0.1) is 6.92 Å². The lowest BCUT2D eigenvalue weighted by atomic mass is 9.89. The predicted molar refractivity (Wildman–Crippen MR) is 71.6 cm³/mol. The minimum absolute atomic E-state index is 0.00136. The van der Waals surface area contributed by atoms with Crippen molar-refractivity contribution in [3.63, 3.8) is 0 Å². The summed E-state index contributed by atoms with van der Waals surface area (Å²) in [6, 6.07) is 8.22. The van der Waals surface area contributed by atoms with Crippen LogP contribution in [0.1, 0.15) is 18.4 Å². The Kier molecular flexibility index (Phi) is 4.33. The van der Waals surface area contributed by atoms with Gasteiger partial charge in [0.1, 0.15) is 0 Å². The van der Waals surface area contributed by atoms with Crippen LogP contribution in [0.5, 0.6) is 0 Å². The van der Waals surface area contributed by atoms with E-state index in [1.807, 2.05) is 31.2 Å². The highest BCUT2D eigenvalue weighted by Crippen LogP contribution is 2.22. The average Bonchev–Trinajstić information content (AvgIpc) is 2.27. The van der Waals surface area contributed by atoms with E-state index in [2.05, 4.69) is 10.6 Å². The van der Waals surface area contributed by atoms with Gasteiger partial charge in [0.2, 0.25) is 5.91 Å². The third-order valence-electron chi connectivity index (χ3n) is 3.28. The van der Waals surface area contributed by atoms with Crippen molar-refractivity contribution in [3.8, 4) is 0 Å². The largest absolute Gasteiger partial charge is 0.381 e. The van der Waals surface area contributed by atoms with Gasteiger partial charge in [-0.1, -0.05) is 12.1 Å². The van der Waals surface area contributed by atoms with Gasteiger partial charge in [0.25, 0.3) is 0 Å². The molecule has 0 aromatic heterocycles. The van der Waals surface area contributed by atoms with Gasteiger partial charge in [-0.25, -0.2) is 0 Å². The van der Waals surface area contributed by atoms with Gasteiger partial charge in [0.05, 0.1) is 12.6 Å². The molecule has 2 N–H and O–H groups in total. The van der Waals surface area contributed by atoms with E-state index in [4.69, 9.17) is 4.74 Å². The molecular formula is C14H20N2O2. The second kappa shape index (κ2) is 5.98.